The minimum atomic E-state index is -0.502. The normalized spacial score (nSPS) is 13.3. The number of rotatable bonds is 7. The molecule has 1 aliphatic rings. The number of hydrogen-bond acceptors (Lipinski definition) is 4. The number of aromatic nitrogens is 1. The highest BCUT2D eigenvalue weighted by Crippen LogP contribution is 2.31. The molecule has 0 atom stereocenters. The Morgan fingerprint density at radius 1 is 1.17 bits per heavy atom. The van der Waals surface area contributed by atoms with Gasteiger partial charge in [-0.1, -0.05) is 23.2 Å². The molecule has 0 radical (unpaired) electrons. The summed E-state index contributed by atoms with van der Waals surface area (Å²) in [4.78, 5) is 42.7. The summed E-state index contributed by atoms with van der Waals surface area (Å²) in [5.41, 5.74) is 2.17. The third-order valence-corrected chi connectivity index (χ3v) is 5.66. The van der Waals surface area contributed by atoms with Crippen LogP contribution in [0.1, 0.15) is 62.2 Å². The number of amides is 1. The van der Waals surface area contributed by atoms with E-state index in [1.807, 2.05) is 0 Å². The van der Waals surface area contributed by atoms with E-state index in [1.54, 1.807) is 37.8 Å². The minimum Gasteiger partial charge on any atom is -0.461 e. The molecule has 6 nitrogen and oxygen atoms in total. The molecule has 1 fully saturated rings. The van der Waals surface area contributed by atoms with E-state index < -0.39 is 5.97 Å². The van der Waals surface area contributed by atoms with E-state index in [1.165, 1.54) is 6.07 Å². The van der Waals surface area contributed by atoms with Crippen LogP contribution in [0, 0.1) is 13.8 Å². The average Bonchev–Trinajstić information content (AvgIpc) is 3.46. The van der Waals surface area contributed by atoms with Crippen LogP contribution in [0.4, 0.5) is 0 Å². The molecule has 1 heterocycles. The van der Waals surface area contributed by atoms with Gasteiger partial charge in [-0.15, -0.1) is 0 Å². The van der Waals surface area contributed by atoms with Gasteiger partial charge in [0, 0.05) is 22.9 Å². The second-order valence-corrected chi connectivity index (χ2v) is 7.88. The molecule has 0 aliphatic heterocycles. The van der Waals surface area contributed by atoms with Crippen molar-refractivity contribution >= 4 is 40.9 Å². The predicted octanol–water partition coefficient (Wildman–Crippen LogP) is 4.60. The fourth-order valence-electron chi connectivity index (χ4n) is 3.36. The van der Waals surface area contributed by atoms with Gasteiger partial charge in [0.05, 0.1) is 23.2 Å². The maximum atomic E-state index is 13.1. The summed E-state index contributed by atoms with van der Waals surface area (Å²) in [5.74, 6) is -0.999. The number of esters is 1. The van der Waals surface area contributed by atoms with E-state index in [-0.39, 0.29) is 41.6 Å². The van der Waals surface area contributed by atoms with Crippen molar-refractivity contribution in [2.75, 3.05) is 13.2 Å². The Labute approximate surface area is 179 Å². The van der Waals surface area contributed by atoms with Gasteiger partial charge in [-0.3, -0.25) is 9.59 Å². The zero-order chi connectivity index (χ0) is 21.3. The van der Waals surface area contributed by atoms with Crippen LogP contribution >= 0.6 is 23.2 Å². The van der Waals surface area contributed by atoms with E-state index in [0.717, 1.165) is 12.8 Å². The first-order chi connectivity index (χ1) is 13.7. The second-order valence-electron chi connectivity index (χ2n) is 7.06. The predicted molar refractivity (Wildman–Crippen MR) is 111 cm³/mol. The van der Waals surface area contributed by atoms with Crippen molar-refractivity contribution in [1.29, 1.82) is 0 Å². The number of Topliss-reactive ketones (excluding diaryl/α,β-unsaturated/α-hetero) is 1. The van der Waals surface area contributed by atoms with Gasteiger partial charge in [-0.2, -0.15) is 0 Å². The van der Waals surface area contributed by atoms with Crippen LogP contribution in [0.15, 0.2) is 18.2 Å². The molecule has 1 N–H and O–H groups in total. The number of nitrogens with one attached hydrogen (secondary N) is 1. The molecule has 0 saturated heterocycles. The lowest BCUT2D eigenvalue weighted by Crippen LogP contribution is -2.37. The topological polar surface area (TPSA) is 79.5 Å². The van der Waals surface area contributed by atoms with Gasteiger partial charge in [-0.25, -0.2) is 4.79 Å². The minimum absolute atomic E-state index is 0.0185. The highest BCUT2D eigenvalue weighted by molar-refractivity contribution is 6.42. The smallest absolute Gasteiger partial charge is 0.355 e. The molecule has 1 aromatic heterocycles. The van der Waals surface area contributed by atoms with Crippen LogP contribution in [0.25, 0.3) is 0 Å². The number of H-pyrrole nitrogens is 1. The van der Waals surface area contributed by atoms with Crippen molar-refractivity contribution < 1.29 is 19.1 Å². The maximum Gasteiger partial charge on any atom is 0.355 e. The molecular formula is C21H22Cl2N2O4. The van der Waals surface area contributed by atoms with Crippen molar-refractivity contribution in [2.24, 2.45) is 0 Å². The van der Waals surface area contributed by atoms with Gasteiger partial charge in [0.1, 0.15) is 5.69 Å². The van der Waals surface area contributed by atoms with Crippen LogP contribution < -0.4 is 0 Å². The summed E-state index contributed by atoms with van der Waals surface area (Å²) in [6.45, 7) is 5.31. The fourth-order valence-corrected chi connectivity index (χ4v) is 3.66. The van der Waals surface area contributed by atoms with Gasteiger partial charge in [-0.05, 0) is 57.4 Å². The molecule has 1 aliphatic carbocycles. The van der Waals surface area contributed by atoms with Gasteiger partial charge in [0.25, 0.3) is 5.91 Å². The van der Waals surface area contributed by atoms with E-state index in [9.17, 15) is 14.4 Å². The SMILES string of the molecule is CCOC(=O)c1[nH]c(C)c(C(=O)CN(C(=O)c2ccc(Cl)c(Cl)c2)C2CC2)c1C. The average molecular weight is 437 g/mol. The summed E-state index contributed by atoms with van der Waals surface area (Å²) in [7, 11) is 0. The molecule has 29 heavy (non-hydrogen) atoms. The quantitative estimate of drug-likeness (QED) is 0.507. The van der Waals surface area contributed by atoms with Gasteiger partial charge >= 0.3 is 5.97 Å². The number of hydrogen-bond donors (Lipinski definition) is 1. The number of nitrogens with zero attached hydrogens (tertiary/aromatic N) is 1. The van der Waals surface area contributed by atoms with Crippen molar-refractivity contribution in [2.45, 2.75) is 39.7 Å². The Kier molecular flexibility index (Phi) is 6.34. The number of halogens is 2. The van der Waals surface area contributed by atoms with Crippen molar-refractivity contribution in [3.8, 4) is 0 Å². The van der Waals surface area contributed by atoms with Gasteiger partial charge < -0.3 is 14.6 Å². The number of carbonyl (C=O) groups excluding carboxylic acids is 3. The summed E-state index contributed by atoms with van der Waals surface area (Å²) in [6.07, 6.45) is 1.69. The lowest BCUT2D eigenvalue weighted by molar-refractivity contribution is 0.0519. The summed E-state index contributed by atoms with van der Waals surface area (Å²) in [6, 6.07) is 4.69. The summed E-state index contributed by atoms with van der Waals surface area (Å²) < 4.78 is 5.03. The van der Waals surface area contributed by atoms with Crippen LogP contribution in [-0.4, -0.2) is 46.7 Å². The maximum absolute atomic E-state index is 13.1. The zero-order valence-corrected chi connectivity index (χ0v) is 18.0. The van der Waals surface area contributed by atoms with Crippen LogP contribution in [0.2, 0.25) is 10.0 Å². The lowest BCUT2D eigenvalue weighted by atomic mass is 10.0. The van der Waals surface area contributed by atoms with E-state index in [4.69, 9.17) is 27.9 Å². The molecule has 1 saturated carbocycles. The molecule has 1 amide bonds. The molecule has 2 aromatic rings. The summed E-state index contributed by atoms with van der Waals surface area (Å²) >= 11 is 12.0. The Balaban J connectivity index is 1.85. The third kappa shape index (κ3) is 4.49. The zero-order valence-electron chi connectivity index (χ0n) is 16.5. The number of benzene rings is 1. The molecule has 3 rings (SSSR count). The number of ketones is 1. The third-order valence-electron chi connectivity index (χ3n) is 4.92. The number of aryl methyl sites for hydroxylation is 1. The number of ether oxygens (including phenoxy) is 1. The largest absolute Gasteiger partial charge is 0.461 e. The first-order valence-electron chi connectivity index (χ1n) is 9.40. The molecule has 154 valence electrons. The molecule has 0 spiro atoms. The monoisotopic (exact) mass is 436 g/mol. The van der Waals surface area contributed by atoms with E-state index in [0.29, 0.717) is 27.4 Å². The molecule has 1 aromatic carbocycles. The Morgan fingerprint density at radius 2 is 1.86 bits per heavy atom. The molecule has 0 unspecified atom stereocenters. The molecule has 8 heteroatoms. The van der Waals surface area contributed by atoms with E-state index in [2.05, 4.69) is 4.98 Å². The van der Waals surface area contributed by atoms with Crippen LogP contribution in [-0.2, 0) is 4.74 Å². The van der Waals surface area contributed by atoms with Gasteiger partial charge in [0.15, 0.2) is 5.78 Å². The molecular weight excluding hydrogens is 415 g/mol. The first-order valence-corrected chi connectivity index (χ1v) is 10.2. The first kappa shape index (κ1) is 21.4. The van der Waals surface area contributed by atoms with E-state index >= 15 is 0 Å². The highest BCUT2D eigenvalue weighted by atomic mass is 35.5. The van der Waals surface area contributed by atoms with Crippen molar-refractivity contribution in [3.05, 3.63) is 56.3 Å². The van der Waals surface area contributed by atoms with Crippen molar-refractivity contribution in [3.63, 3.8) is 0 Å². The number of aromatic amines is 1. The highest BCUT2D eigenvalue weighted by Gasteiger charge is 2.35. The Bertz CT molecular complexity index is 979. The molecule has 0 bridgehead atoms. The van der Waals surface area contributed by atoms with Crippen LogP contribution in [0.5, 0.6) is 0 Å². The summed E-state index contributed by atoms with van der Waals surface area (Å²) in [5, 5.41) is 0.651. The lowest BCUT2D eigenvalue weighted by Gasteiger charge is -2.22. The van der Waals surface area contributed by atoms with Gasteiger partial charge in [0.2, 0.25) is 0 Å². The second kappa shape index (κ2) is 8.59. The number of carbonyl (C=O) groups is 3. The Hall–Kier alpha value is -2.31. The standard InChI is InChI=1S/C21H22Cl2N2O4/c1-4-29-21(28)19-11(2)18(12(3)24-19)17(26)10-25(14-6-7-14)20(27)13-5-8-15(22)16(23)9-13/h5,8-9,14,24H,4,6-7,10H2,1-3H3. The Morgan fingerprint density at radius 3 is 2.45 bits per heavy atom. The van der Waals surface area contributed by atoms with Crippen molar-refractivity contribution in [1.82, 2.24) is 9.88 Å². The van der Waals surface area contributed by atoms with Crippen LogP contribution in [0.3, 0.4) is 0 Å². The fraction of sp³-hybridized carbons (Fsp3) is 0.381.